The maximum atomic E-state index is 13.9. The molecule has 4 aromatic heterocycles. The molecule has 0 aliphatic carbocycles. The summed E-state index contributed by atoms with van der Waals surface area (Å²) in [4.78, 5) is 114. The highest BCUT2D eigenvalue weighted by molar-refractivity contribution is 6.08. The molecule has 2 aliphatic rings. The molecular formula is C52H57N13O11. The lowest BCUT2D eigenvalue weighted by Gasteiger charge is -2.22. The van der Waals surface area contributed by atoms with Crippen LogP contribution in [0.4, 0.5) is 33.4 Å². The molecule has 7 N–H and O–H groups in total. The van der Waals surface area contributed by atoms with Gasteiger partial charge in [0.1, 0.15) is 23.5 Å². The Kier molecular flexibility index (Phi) is 15.2. The summed E-state index contributed by atoms with van der Waals surface area (Å²) in [5.41, 5.74) is 3.81. The smallest absolute Gasteiger partial charge is 0.405 e. The highest BCUT2D eigenvalue weighted by atomic mass is 16.5. The van der Waals surface area contributed by atoms with E-state index in [4.69, 9.17) is 14.6 Å². The fraction of sp³-hybridized carbons (Fsp3) is 0.308. The SMILES string of the molecule is C=C1C[C@H]2C=Nc3cc(OCCCC(=O)Nc4cn(C)c(C(=O)Nc5cc(C(=O)Nc6cc(C(=O)n7ccc8cc(NC(=O)C(C)NC(=O)C(NC(=O)O)C(C)C)ccc87)n(C)c6)n(C)c5)n4)c(OC)cc3C(=O)N2C1. The van der Waals surface area contributed by atoms with E-state index < -0.39 is 47.7 Å². The van der Waals surface area contributed by atoms with E-state index in [1.807, 2.05) is 0 Å². The molecular weight excluding hydrogens is 983 g/mol. The number of anilines is 4. The second-order valence-electron chi connectivity index (χ2n) is 18.8. The van der Waals surface area contributed by atoms with Gasteiger partial charge >= 0.3 is 6.09 Å². The lowest BCUT2D eigenvalue weighted by atomic mass is 10.0. The third kappa shape index (κ3) is 11.5. The molecule has 76 heavy (non-hydrogen) atoms. The normalized spacial score (nSPS) is 14.6. The summed E-state index contributed by atoms with van der Waals surface area (Å²) in [6, 6.07) is 10.7. The van der Waals surface area contributed by atoms with Crippen LogP contribution in [0.25, 0.3) is 10.9 Å². The number of nitrogens with zero attached hydrogens (tertiary/aromatic N) is 7. The van der Waals surface area contributed by atoms with Crippen molar-refractivity contribution < 1.29 is 52.9 Å². The largest absolute Gasteiger partial charge is 0.493 e. The number of carboxylic acid groups (broad SMARTS) is 1. The molecule has 6 heterocycles. The van der Waals surface area contributed by atoms with Crippen LogP contribution < -0.4 is 41.4 Å². The summed E-state index contributed by atoms with van der Waals surface area (Å²) in [6.45, 7) is 9.46. The van der Waals surface area contributed by atoms with E-state index in [-0.39, 0.29) is 59.8 Å². The molecule has 2 unspecified atom stereocenters. The summed E-state index contributed by atoms with van der Waals surface area (Å²) < 4.78 is 17.4. The maximum absolute atomic E-state index is 13.9. The molecule has 0 saturated carbocycles. The van der Waals surface area contributed by atoms with Crippen LogP contribution in [0.3, 0.4) is 0 Å². The van der Waals surface area contributed by atoms with Crippen molar-refractivity contribution in [3.8, 4) is 11.5 Å². The first-order chi connectivity index (χ1) is 36.2. The van der Waals surface area contributed by atoms with Crippen molar-refractivity contribution in [1.29, 1.82) is 0 Å². The number of imidazole rings is 1. The highest BCUT2D eigenvalue weighted by Crippen LogP contribution is 2.38. The number of ether oxygens (including phenoxy) is 2. The lowest BCUT2D eigenvalue weighted by Crippen LogP contribution is -2.53. The summed E-state index contributed by atoms with van der Waals surface area (Å²) >= 11 is 0. The predicted octanol–water partition coefficient (Wildman–Crippen LogP) is 5.27. The van der Waals surface area contributed by atoms with Crippen LogP contribution >= 0.6 is 0 Å². The number of hydrogen-bond donors (Lipinski definition) is 7. The van der Waals surface area contributed by atoms with Gasteiger partial charge in [0, 0.05) is 82.3 Å². The van der Waals surface area contributed by atoms with Crippen LogP contribution in [0.5, 0.6) is 11.5 Å². The van der Waals surface area contributed by atoms with Crippen molar-refractivity contribution in [2.24, 2.45) is 32.1 Å². The van der Waals surface area contributed by atoms with Crippen LogP contribution in [0.1, 0.15) is 82.0 Å². The fourth-order valence-electron chi connectivity index (χ4n) is 8.86. The predicted molar refractivity (Wildman–Crippen MR) is 281 cm³/mol. The molecule has 1 fully saturated rings. The topological polar surface area (TPSA) is 296 Å². The standard InChI is InChI=1S/C52H57N13O11/c1-27(2)44(60-52(73)74)48(69)54-29(4)46(67)55-31-11-12-37-30(17-31)13-14-64(37)51(72)39-19-33(25-62(39)6)56-47(68)38-18-32(24-61(38)5)57-49(70)45-59-42(26-63(45)7)58-43(66)10-9-15-76-41-21-36-35(20-40(41)75-8)50(71)65-23-28(3)16-34(65)22-53-36/h11-14,17-22,24-27,29,34,44,60H,3,9-10,15-16,23H2,1-2,4-8H3,(H,54,69)(H,55,67)(H,56,68)(H,57,70)(H,58,66)(H,73,74)/t29?,34-,44?/m0/s1. The van der Waals surface area contributed by atoms with Crippen LogP contribution in [0.15, 0.2) is 90.5 Å². The number of methoxy groups -OCH3 is 1. The van der Waals surface area contributed by atoms with Gasteiger partial charge in [0.05, 0.1) is 47.9 Å². The van der Waals surface area contributed by atoms with Gasteiger partial charge in [0.25, 0.3) is 23.6 Å². The highest BCUT2D eigenvalue weighted by Gasteiger charge is 2.34. The number of rotatable bonds is 18. The second-order valence-corrected chi connectivity index (χ2v) is 18.8. The van der Waals surface area contributed by atoms with Gasteiger partial charge in [-0.2, -0.15) is 0 Å². The Morgan fingerprint density at radius 3 is 2.22 bits per heavy atom. The van der Waals surface area contributed by atoms with Gasteiger partial charge in [-0.3, -0.25) is 43.1 Å². The van der Waals surface area contributed by atoms with E-state index in [1.165, 1.54) is 46.1 Å². The van der Waals surface area contributed by atoms with Gasteiger partial charge in [-0.05, 0) is 68.1 Å². The first-order valence-electron chi connectivity index (χ1n) is 24.1. The van der Waals surface area contributed by atoms with Crippen LogP contribution in [0, 0.1) is 5.92 Å². The molecule has 7 amide bonds. The van der Waals surface area contributed by atoms with Crippen molar-refractivity contribution in [3.05, 3.63) is 108 Å². The van der Waals surface area contributed by atoms with E-state index in [2.05, 4.69) is 48.5 Å². The Bertz CT molecular complexity index is 3380. The molecule has 2 aliphatic heterocycles. The van der Waals surface area contributed by atoms with E-state index in [1.54, 1.807) is 106 Å². The zero-order valence-corrected chi connectivity index (χ0v) is 42.7. The minimum atomic E-state index is -1.36. The molecule has 0 bridgehead atoms. The maximum Gasteiger partial charge on any atom is 0.405 e. The Morgan fingerprint density at radius 2 is 1.51 bits per heavy atom. The van der Waals surface area contributed by atoms with Crippen molar-refractivity contribution >= 4 is 93.1 Å². The van der Waals surface area contributed by atoms with E-state index in [0.29, 0.717) is 70.1 Å². The Hall–Kier alpha value is -9.48. The van der Waals surface area contributed by atoms with Crippen molar-refractivity contribution in [2.75, 3.05) is 41.5 Å². The first kappa shape index (κ1) is 52.8. The monoisotopic (exact) mass is 1040 g/mol. The summed E-state index contributed by atoms with van der Waals surface area (Å²) in [5, 5.41) is 25.4. The minimum absolute atomic E-state index is 0.0124. The zero-order chi connectivity index (χ0) is 54.7. The van der Waals surface area contributed by atoms with Gasteiger partial charge in [0.2, 0.25) is 23.5 Å². The van der Waals surface area contributed by atoms with Crippen LogP contribution in [-0.4, -0.2) is 125 Å². The molecule has 2 aromatic carbocycles. The first-order valence-corrected chi connectivity index (χ1v) is 24.1. The van der Waals surface area contributed by atoms with Crippen LogP contribution in [-0.2, 0) is 35.5 Å². The van der Waals surface area contributed by atoms with Gasteiger partial charge in [-0.1, -0.05) is 26.0 Å². The van der Waals surface area contributed by atoms with Crippen molar-refractivity contribution in [1.82, 2.24) is 38.8 Å². The summed E-state index contributed by atoms with van der Waals surface area (Å²) in [5.74, 6) is -2.72. The van der Waals surface area contributed by atoms with Crippen molar-refractivity contribution in [3.63, 3.8) is 0 Å². The quantitative estimate of drug-likeness (QED) is 0.0428. The molecule has 24 heteroatoms. The Labute approximate surface area is 435 Å². The third-order valence-corrected chi connectivity index (χ3v) is 12.7. The number of carbonyl (C=O) groups excluding carboxylic acids is 7. The van der Waals surface area contributed by atoms with Gasteiger partial charge in [-0.15, -0.1) is 0 Å². The van der Waals surface area contributed by atoms with Crippen LogP contribution in [0.2, 0.25) is 0 Å². The average Bonchev–Trinajstić information content (AvgIpc) is 4.21. The third-order valence-electron chi connectivity index (χ3n) is 12.7. The molecule has 6 aromatic rings. The fourth-order valence-corrected chi connectivity index (χ4v) is 8.86. The van der Waals surface area contributed by atoms with Crippen molar-refractivity contribution in [2.45, 2.75) is 58.2 Å². The average molecular weight is 1040 g/mol. The molecule has 0 spiro atoms. The number of hydrogen-bond acceptors (Lipinski definition) is 12. The molecule has 8 rings (SSSR count). The molecule has 1 saturated heterocycles. The molecule has 0 radical (unpaired) electrons. The van der Waals surface area contributed by atoms with E-state index in [0.717, 1.165) is 5.57 Å². The number of fused-ring (bicyclic) bond motifs is 3. The molecule has 24 nitrogen and oxygen atoms in total. The van der Waals surface area contributed by atoms with Gasteiger partial charge in [-0.25, -0.2) is 9.78 Å². The van der Waals surface area contributed by atoms with Gasteiger partial charge < -0.3 is 65.1 Å². The van der Waals surface area contributed by atoms with Gasteiger partial charge in [0.15, 0.2) is 17.3 Å². The number of aliphatic imine (C=N–C) groups is 1. The van der Waals surface area contributed by atoms with E-state index >= 15 is 0 Å². The number of benzene rings is 2. The number of carbonyl (C=O) groups is 8. The zero-order valence-electron chi connectivity index (χ0n) is 42.7. The number of aromatic nitrogens is 5. The summed E-state index contributed by atoms with van der Waals surface area (Å²) in [6.07, 6.45) is 7.63. The number of aryl methyl sites for hydroxylation is 3. The lowest BCUT2D eigenvalue weighted by molar-refractivity contribution is -0.128. The Balaban J connectivity index is 0.819. The summed E-state index contributed by atoms with van der Waals surface area (Å²) in [7, 11) is 6.36. The minimum Gasteiger partial charge on any atom is -0.493 e. The van der Waals surface area contributed by atoms with E-state index in [9.17, 15) is 38.4 Å². The Morgan fingerprint density at radius 1 is 0.803 bits per heavy atom. The number of amides is 7. The molecule has 396 valence electrons. The second kappa shape index (κ2) is 21.9. The molecule has 3 atom stereocenters. The number of nitrogens with one attached hydrogen (secondary N) is 6.